The van der Waals surface area contributed by atoms with Crippen LogP contribution in [0.1, 0.15) is 37.3 Å². The second kappa shape index (κ2) is 6.02. The number of aliphatic hydroxyl groups excluding tert-OH is 1. The highest BCUT2D eigenvalue weighted by atomic mass is 16.5. The maximum atomic E-state index is 9.60. The van der Waals surface area contributed by atoms with E-state index >= 15 is 0 Å². The number of fused-ring (bicyclic) bond motifs is 1. The molecule has 0 saturated heterocycles. The van der Waals surface area contributed by atoms with Crippen molar-refractivity contribution in [1.29, 1.82) is 0 Å². The molecule has 1 aliphatic heterocycles. The van der Waals surface area contributed by atoms with E-state index in [9.17, 15) is 5.11 Å². The van der Waals surface area contributed by atoms with Gasteiger partial charge in [0.2, 0.25) is 0 Å². The lowest BCUT2D eigenvalue weighted by Crippen LogP contribution is -2.30. The lowest BCUT2D eigenvalue weighted by molar-refractivity contribution is 0.176. The highest BCUT2D eigenvalue weighted by Crippen LogP contribution is 2.35. The van der Waals surface area contributed by atoms with Crippen molar-refractivity contribution in [2.75, 3.05) is 20.3 Å². The van der Waals surface area contributed by atoms with Crippen LogP contribution in [0, 0.1) is 5.92 Å². The van der Waals surface area contributed by atoms with Crippen molar-refractivity contribution in [3.63, 3.8) is 0 Å². The van der Waals surface area contributed by atoms with Gasteiger partial charge in [-0.15, -0.1) is 0 Å². The summed E-state index contributed by atoms with van der Waals surface area (Å²) in [7, 11) is 1.69. The van der Waals surface area contributed by atoms with Crippen LogP contribution in [0.15, 0.2) is 18.2 Å². The van der Waals surface area contributed by atoms with Crippen LogP contribution in [0.4, 0.5) is 0 Å². The zero-order valence-corrected chi connectivity index (χ0v) is 12.0. The summed E-state index contributed by atoms with van der Waals surface area (Å²) < 4.78 is 11.0. The Morgan fingerprint density at radius 2 is 2.25 bits per heavy atom. The minimum Gasteiger partial charge on any atom is -0.497 e. The van der Waals surface area contributed by atoms with E-state index in [1.165, 1.54) is 5.56 Å². The Bertz CT molecular complexity index is 463. The third kappa shape index (κ3) is 2.91. The van der Waals surface area contributed by atoms with E-state index in [2.05, 4.69) is 11.4 Å². The predicted molar refractivity (Wildman–Crippen MR) is 77.2 cm³/mol. The maximum absolute atomic E-state index is 9.60. The summed E-state index contributed by atoms with van der Waals surface area (Å²) in [5.74, 6) is 2.43. The van der Waals surface area contributed by atoms with Crippen molar-refractivity contribution in [2.45, 2.75) is 37.8 Å². The topological polar surface area (TPSA) is 50.7 Å². The van der Waals surface area contributed by atoms with Gasteiger partial charge in [0.15, 0.2) is 0 Å². The summed E-state index contributed by atoms with van der Waals surface area (Å²) in [5.41, 5.74) is 1.19. The highest BCUT2D eigenvalue weighted by Gasteiger charge is 2.26. The Hall–Kier alpha value is -1.26. The van der Waals surface area contributed by atoms with Gasteiger partial charge in [-0.1, -0.05) is 0 Å². The van der Waals surface area contributed by atoms with Crippen LogP contribution < -0.4 is 14.8 Å². The number of ether oxygens (including phenoxy) is 2. The van der Waals surface area contributed by atoms with E-state index in [-0.39, 0.29) is 6.10 Å². The average molecular weight is 277 g/mol. The minimum atomic E-state index is -0.0936. The van der Waals surface area contributed by atoms with Crippen molar-refractivity contribution in [2.24, 2.45) is 5.92 Å². The third-order valence-electron chi connectivity index (χ3n) is 4.42. The maximum Gasteiger partial charge on any atom is 0.124 e. The smallest absolute Gasteiger partial charge is 0.124 e. The Balaban J connectivity index is 1.66. The number of nitrogens with one attached hydrogen (secondary N) is 1. The van der Waals surface area contributed by atoms with Crippen molar-refractivity contribution in [3.8, 4) is 11.5 Å². The fraction of sp³-hybridized carbons (Fsp3) is 0.625. The van der Waals surface area contributed by atoms with Gasteiger partial charge >= 0.3 is 0 Å². The van der Waals surface area contributed by atoms with E-state index in [0.717, 1.165) is 50.3 Å². The fourth-order valence-corrected chi connectivity index (χ4v) is 3.25. The van der Waals surface area contributed by atoms with E-state index in [1.54, 1.807) is 7.11 Å². The van der Waals surface area contributed by atoms with Crippen LogP contribution in [0.5, 0.6) is 11.5 Å². The molecular formula is C16H23NO3. The van der Waals surface area contributed by atoms with Crippen LogP contribution >= 0.6 is 0 Å². The molecule has 1 aromatic carbocycles. The Morgan fingerprint density at radius 3 is 3.00 bits per heavy atom. The van der Waals surface area contributed by atoms with Gasteiger partial charge in [-0.2, -0.15) is 0 Å². The number of rotatable bonds is 4. The molecule has 4 nitrogen and oxygen atoms in total. The summed E-state index contributed by atoms with van der Waals surface area (Å²) in [4.78, 5) is 0. The first-order chi connectivity index (χ1) is 9.76. The zero-order chi connectivity index (χ0) is 13.9. The van der Waals surface area contributed by atoms with Crippen molar-refractivity contribution >= 4 is 0 Å². The van der Waals surface area contributed by atoms with Crippen LogP contribution in [-0.2, 0) is 0 Å². The molecule has 3 atom stereocenters. The molecule has 1 aromatic rings. The molecule has 1 heterocycles. The molecule has 1 aliphatic carbocycles. The lowest BCUT2D eigenvalue weighted by atomic mass is 9.99. The number of hydrogen-bond acceptors (Lipinski definition) is 4. The standard InChI is InChI=1S/C16H23NO3/c1-19-13-4-5-16-14(9-13)15(6-7-20-16)17-10-11-2-3-12(18)8-11/h4-5,9,11-12,15,17-18H,2-3,6-8,10H2,1H3. The van der Waals surface area contributed by atoms with Crippen molar-refractivity contribution in [3.05, 3.63) is 23.8 Å². The molecule has 2 N–H and O–H groups in total. The lowest BCUT2D eigenvalue weighted by Gasteiger charge is -2.28. The molecule has 0 bridgehead atoms. The quantitative estimate of drug-likeness (QED) is 0.886. The first-order valence-corrected chi connectivity index (χ1v) is 7.48. The third-order valence-corrected chi connectivity index (χ3v) is 4.42. The predicted octanol–water partition coefficient (Wildman–Crippen LogP) is 2.27. The highest BCUT2D eigenvalue weighted by molar-refractivity contribution is 5.43. The number of methoxy groups -OCH3 is 1. The van der Waals surface area contributed by atoms with Gasteiger partial charge in [0.1, 0.15) is 11.5 Å². The number of hydrogen-bond donors (Lipinski definition) is 2. The first-order valence-electron chi connectivity index (χ1n) is 7.48. The molecule has 20 heavy (non-hydrogen) atoms. The molecule has 0 aromatic heterocycles. The first kappa shape index (κ1) is 13.7. The van der Waals surface area contributed by atoms with E-state index < -0.39 is 0 Å². The van der Waals surface area contributed by atoms with Crippen molar-refractivity contribution in [1.82, 2.24) is 5.32 Å². The summed E-state index contributed by atoms with van der Waals surface area (Å²) in [5, 5.41) is 13.2. The molecule has 4 heteroatoms. The molecular weight excluding hydrogens is 254 g/mol. The number of aliphatic hydroxyl groups is 1. The van der Waals surface area contributed by atoms with Crippen LogP contribution in [0.3, 0.4) is 0 Å². The second-order valence-corrected chi connectivity index (χ2v) is 5.83. The summed E-state index contributed by atoms with van der Waals surface area (Å²) >= 11 is 0. The zero-order valence-electron chi connectivity index (χ0n) is 12.0. The SMILES string of the molecule is COc1ccc2c(c1)C(NCC1CCC(O)C1)CCO2. The molecule has 0 amide bonds. The molecule has 2 aliphatic rings. The van der Waals surface area contributed by atoms with Crippen LogP contribution in [0.25, 0.3) is 0 Å². The van der Waals surface area contributed by atoms with Gasteiger partial charge in [-0.05, 0) is 49.9 Å². The fourth-order valence-electron chi connectivity index (χ4n) is 3.25. The Morgan fingerprint density at radius 1 is 1.35 bits per heavy atom. The Labute approximate surface area is 120 Å². The molecule has 0 spiro atoms. The molecule has 1 saturated carbocycles. The van der Waals surface area contributed by atoms with Crippen molar-refractivity contribution < 1.29 is 14.6 Å². The summed E-state index contributed by atoms with van der Waals surface area (Å²) in [6.07, 6.45) is 3.90. The summed E-state index contributed by atoms with van der Waals surface area (Å²) in [6, 6.07) is 6.32. The van der Waals surface area contributed by atoms with Crippen LogP contribution in [-0.4, -0.2) is 31.5 Å². The second-order valence-electron chi connectivity index (χ2n) is 5.83. The number of benzene rings is 1. The van der Waals surface area contributed by atoms with Crippen LogP contribution in [0.2, 0.25) is 0 Å². The van der Waals surface area contributed by atoms with Gasteiger partial charge in [0, 0.05) is 18.0 Å². The molecule has 110 valence electrons. The van der Waals surface area contributed by atoms with E-state index in [1.807, 2.05) is 12.1 Å². The Kier molecular flexibility index (Phi) is 4.13. The monoisotopic (exact) mass is 277 g/mol. The average Bonchev–Trinajstić information content (AvgIpc) is 2.90. The van der Waals surface area contributed by atoms with Gasteiger partial charge in [0.05, 0.1) is 19.8 Å². The van der Waals surface area contributed by atoms with E-state index in [4.69, 9.17) is 9.47 Å². The normalized spacial score (nSPS) is 28.8. The van der Waals surface area contributed by atoms with Gasteiger partial charge in [0.25, 0.3) is 0 Å². The minimum absolute atomic E-state index is 0.0936. The van der Waals surface area contributed by atoms with Gasteiger partial charge in [-0.25, -0.2) is 0 Å². The largest absolute Gasteiger partial charge is 0.497 e. The van der Waals surface area contributed by atoms with Gasteiger partial charge in [-0.3, -0.25) is 0 Å². The van der Waals surface area contributed by atoms with Gasteiger partial charge < -0.3 is 19.9 Å². The molecule has 1 fully saturated rings. The van der Waals surface area contributed by atoms with E-state index in [0.29, 0.717) is 12.0 Å². The molecule has 3 rings (SSSR count). The molecule has 3 unspecified atom stereocenters. The molecule has 0 radical (unpaired) electrons. The summed E-state index contributed by atoms with van der Waals surface area (Å²) in [6.45, 7) is 1.72.